The molecule has 0 spiro atoms. The molecule has 198 valence electrons. The number of aromatic hydroxyl groups is 1. The van der Waals surface area contributed by atoms with Crippen molar-refractivity contribution in [2.45, 2.75) is 47.2 Å². The van der Waals surface area contributed by atoms with Crippen molar-refractivity contribution in [3.8, 4) is 11.5 Å². The maximum atomic E-state index is 12.6. The highest BCUT2D eigenvalue weighted by Crippen LogP contribution is 2.38. The summed E-state index contributed by atoms with van der Waals surface area (Å²) in [5, 5.41) is 49.6. The molecule has 1 aliphatic heterocycles. The Balaban J connectivity index is 1.54. The van der Waals surface area contributed by atoms with Crippen LogP contribution in [0.15, 0.2) is 71.6 Å². The molecule has 0 bridgehead atoms. The molecule has 37 heavy (non-hydrogen) atoms. The number of hydrogen-bond acceptors (Lipinski definition) is 9. The van der Waals surface area contributed by atoms with E-state index in [2.05, 4.69) is 4.72 Å². The second-order valence-corrected chi connectivity index (χ2v) is 11.9. The third-order valence-electron chi connectivity index (χ3n) is 6.15. The van der Waals surface area contributed by atoms with Crippen LogP contribution >= 0.6 is 11.8 Å². The van der Waals surface area contributed by atoms with E-state index in [-0.39, 0.29) is 16.4 Å². The van der Waals surface area contributed by atoms with E-state index in [1.54, 1.807) is 55.5 Å². The van der Waals surface area contributed by atoms with Crippen molar-refractivity contribution in [1.82, 2.24) is 0 Å². The number of anilines is 1. The fraction of sp³-hybridized carbons (Fsp3) is 0.308. The Morgan fingerprint density at radius 3 is 2.27 bits per heavy atom. The summed E-state index contributed by atoms with van der Waals surface area (Å²) >= 11 is 0.999. The van der Waals surface area contributed by atoms with Crippen LogP contribution in [0.1, 0.15) is 16.7 Å². The first-order valence-corrected chi connectivity index (χ1v) is 14.0. The van der Waals surface area contributed by atoms with Gasteiger partial charge in [-0.15, -0.1) is 11.8 Å². The van der Waals surface area contributed by atoms with Gasteiger partial charge in [-0.05, 0) is 48.4 Å². The average molecular weight is 548 g/mol. The number of ether oxygens (including phenoxy) is 1. The van der Waals surface area contributed by atoms with Gasteiger partial charge in [0.15, 0.2) is 5.44 Å². The molecule has 0 aromatic heterocycles. The van der Waals surface area contributed by atoms with Crippen LogP contribution < -0.4 is 9.46 Å². The van der Waals surface area contributed by atoms with Crippen molar-refractivity contribution in [2.75, 3.05) is 11.3 Å². The van der Waals surface area contributed by atoms with Gasteiger partial charge >= 0.3 is 0 Å². The monoisotopic (exact) mass is 547 g/mol. The number of aliphatic hydroxyl groups excluding tert-OH is 4. The number of rotatable bonds is 8. The SMILES string of the molecule is Cc1cc(O)cc(O[C@@H]2S[C@H](CO)[C@@H](O)[C@H](O)[C@H]2O)c1Cc1ccc(NS(=O)(=O)c2ccccc2)cc1. The predicted molar refractivity (Wildman–Crippen MR) is 140 cm³/mol. The molecule has 0 saturated carbocycles. The number of hydrogen-bond donors (Lipinski definition) is 6. The molecule has 11 heteroatoms. The largest absolute Gasteiger partial charge is 0.508 e. The van der Waals surface area contributed by atoms with Crippen LogP contribution in [0.2, 0.25) is 0 Å². The molecule has 0 radical (unpaired) electrons. The van der Waals surface area contributed by atoms with Crippen molar-refractivity contribution in [2.24, 2.45) is 0 Å². The zero-order chi connectivity index (χ0) is 26.7. The van der Waals surface area contributed by atoms with Crippen LogP contribution in [0, 0.1) is 6.92 Å². The van der Waals surface area contributed by atoms with E-state index in [0.717, 1.165) is 22.9 Å². The topological polar surface area (TPSA) is 157 Å². The van der Waals surface area contributed by atoms with Gasteiger partial charge in [0.25, 0.3) is 10.0 Å². The molecule has 0 unspecified atom stereocenters. The average Bonchev–Trinajstić information content (AvgIpc) is 2.87. The lowest BCUT2D eigenvalue weighted by Crippen LogP contribution is -2.55. The first kappa shape index (κ1) is 27.2. The van der Waals surface area contributed by atoms with Crippen LogP contribution in [-0.4, -0.2) is 69.6 Å². The Kier molecular flexibility index (Phi) is 8.32. The Morgan fingerprint density at radius 2 is 1.62 bits per heavy atom. The fourth-order valence-corrected chi connectivity index (χ4v) is 6.41. The number of phenols is 1. The number of nitrogens with one attached hydrogen (secondary N) is 1. The summed E-state index contributed by atoms with van der Waals surface area (Å²) in [6.45, 7) is 1.38. The van der Waals surface area contributed by atoms with E-state index < -0.39 is 45.6 Å². The number of benzene rings is 3. The van der Waals surface area contributed by atoms with Gasteiger partial charge in [-0.2, -0.15) is 0 Å². The van der Waals surface area contributed by atoms with Crippen molar-refractivity contribution < 1.29 is 38.7 Å². The van der Waals surface area contributed by atoms with Crippen LogP contribution in [-0.2, 0) is 16.4 Å². The summed E-state index contributed by atoms with van der Waals surface area (Å²) in [5.74, 6) is 0.236. The van der Waals surface area contributed by atoms with Crippen LogP contribution in [0.5, 0.6) is 11.5 Å². The minimum atomic E-state index is -3.72. The standard InChI is InChI=1S/C26H29NO8S2/c1-15-11-18(29)13-21(35-26-25(32)24(31)23(30)22(14-28)36-26)20(15)12-16-7-9-17(10-8-16)27-37(33,34)19-5-3-2-4-6-19/h2-11,13,22-32H,12,14H2,1H3/t22-,23-,24+,25-,26-/m1/s1. The zero-order valence-corrected chi connectivity index (χ0v) is 21.6. The Bertz CT molecular complexity index is 1320. The molecule has 1 saturated heterocycles. The second kappa shape index (κ2) is 11.3. The number of aliphatic hydroxyl groups is 4. The number of thioether (sulfide) groups is 1. The summed E-state index contributed by atoms with van der Waals surface area (Å²) in [6, 6.07) is 17.9. The van der Waals surface area contributed by atoms with E-state index in [0.29, 0.717) is 17.7 Å². The Hall–Kier alpha value is -2.80. The first-order valence-electron chi connectivity index (χ1n) is 11.6. The third kappa shape index (κ3) is 6.20. The summed E-state index contributed by atoms with van der Waals surface area (Å²) < 4.78 is 33.7. The van der Waals surface area contributed by atoms with Crippen molar-refractivity contribution in [3.63, 3.8) is 0 Å². The quantitative estimate of drug-likeness (QED) is 0.248. The summed E-state index contributed by atoms with van der Waals surface area (Å²) in [7, 11) is -3.72. The molecule has 5 atom stereocenters. The highest BCUT2D eigenvalue weighted by atomic mass is 32.2. The van der Waals surface area contributed by atoms with E-state index >= 15 is 0 Å². The molecule has 4 rings (SSSR count). The molecular formula is C26H29NO8S2. The van der Waals surface area contributed by atoms with E-state index in [1.165, 1.54) is 18.2 Å². The van der Waals surface area contributed by atoms with Crippen LogP contribution in [0.25, 0.3) is 0 Å². The fourth-order valence-electron chi connectivity index (χ4n) is 4.10. The van der Waals surface area contributed by atoms with Gasteiger partial charge in [0.2, 0.25) is 0 Å². The lowest BCUT2D eigenvalue weighted by molar-refractivity contribution is -0.0910. The van der Waals surface area contributed by atoms with Gasteiger partial charge in [0, 0.05) is 23.7 Å². The van der Waals surface area contributed by atoms with Gasteiger partial charge in [-0.1, -0.05) is 30.3 Å². The van der Waals surface area contributed by atoms with E-state index in [1.807, 2.05) is 0 Å². The minimum Gasteiger partial charge on any atom is -0.508 e. The number of phenolic OH excluding ortho intramolecular Hbond substituents is 1. The highest BCUT2D eigenvalue weighted by molar-refractivity contribution is 8.00. The van der Waals surface area contributed by atoms with Crippen molar-refractivity contribution >= 4 is 27.5 Å². The molecule has 1 fully saturated rings. The third-order valence-corrected chi connectivity index (χ3v) is 8.97. The molecule has 6 N–H and O–H groups in total. The van der Waals surface area contributed by atoms with Crippen LogP contribution in [0.3, 0.4) is 0 Å². The summed E-state index contributed by atoms with van der Waals surface area (Å²) in [6.07, 6.45) is -3.87. The van der Waals surface area contributed by atoms with Gasteiger partial charge in [0.1, 0.15) is 23.7 Å². The smallest absolute Gasteiger partial charge is 0.261 e. The van der Waals surface area contributed by atoms with Gasteiger partial charge in [0.05, 0.1) is 22.9 Å². The summed E-state index contributed by atoms with van der Waals surface area (Å²) in [5.41, 5.74) is 1.67. The van der Waals surface area contributed by atoms with Crippen LogP contribution in [0.4, 0.5) is 5.69 Å². The minimum absolute atomic E-state index is 0.0449. The molecule has 3 aromatic rings. The molecule has 3 aromatic carbocycles. The summed E-state index contributed by atoms with van der Waals surface area (Å²) in [4.78, 5) is 0.157. The van der Waals surface area contributed by atoms with E-state index in [9.17, 15) is 34.0 Å². The van der Waals surface area contributed by atoms with Gasteiger partial charge in [-0.25, -0.2) is 8.42 Å². The second-order valence-electron chi connectivity index (χ2n) is 8.85. The zero-order valence-electron chi connectivity index (χ0n) is 19.9. The number of sulfonamides is 1. The molecule has 1 aliphatic rings. The predicted octanol–water partition coefficient (Wildman–Crippen LogP) is 1.99. The first-order chi connectivity index (χ1) is 17.6. The van der Waals surface area contributed by atoms with E-state index in [4.69, 9.17) is 4.74 Å². The Labute approximate surface area is 219 Å². The highest BCUT2D eigenvalue weighted by Gasteiger charge is 2.44. The molecule has 0 amide bonds. The lowest BCUT2D eigenvalue weighted by Gasteiger charge is -2.39. The maximum absolute atomic E-state index is 12.6. The molecule has 1 heterocycles. The normalized spacial score (nSPS) is 24.0. The van der Waals surface area contributed by atoms with Crippen molar-refractivity contribution in [3.05, 3.63) is 83.4 Å². The van der Waals surface area contributed by atoms with Gasteiger partial charge in [-0.3, -0.25) is 4.72 Å². The maximum Gasteiger partial charge on any atom is 0.261 e. The number of aryl methyl sites for hydroxylation is 1. The molecule has 9 nitrogen and oxygen atoms in total. The molecule has 0 aliphatic carbocycles. The molecular weight excluding hydrogens is 518 g/mol. The lowest BCUT2D eigenvalue weighted by atomic mass is 9.99. The Morgan fingerprint density at radius 1 is 0.946 bits per heavy atom. The van der Waals surface area contributed by atoms with Crippen molar-refractivity contribution in [1.29, 1.82) is 0 Å². The van der Waals surface area contributed by atoms with Gasteiger partial charge < -0.3 is 30.3 Å².